The van der Waals surface area contributed by atoms with Crippen LogP contribution in [0.1, 0.15) is 25.8 Å². The van der Waals surface area contributed by atoms with Gasteiger partial charge in [-0.1, -0.05) is 25.1 Å². The second-order valence-corrected chi connectivity index (χ2v) is 5.22. The smallest absolute Gasteiger partial charge is 0.159 e. The molecule has 0 fully saturated rings. The lowest BCUT2D eigenvalue weighted by Crippen LogP contribution is -2.31. The monoisotopic (exact) mass is 285 g/mol. The van der Waals surface area contributed by atoms with Gasteiger partial charge in [-0.2, -0.15) is 0 Å². The molecule has 6 heteroatoms. The molecule has 0 heterocycles. The van der Waals surface area contributed by atoms with E-state index in [1.165, 1.54) is 6.07 Å². The Morgan fingerprint density at radius 3 is 2.60 bits per heavy atom. The van der Waals surface area contributed by atoms with Gasteiger partial charge in [0, 0.05) is 26.1 Å². The summed E-state index contributed by atoms with van der Waals surface area (Å²) in [7, 11) is 0. The minimum atomic E-state index is -0.846. The molecule has 0 aromatic heterocycles. The number of rotatable bonds is 7. The van der Waals surface area contributed by atoms with E-state index < -0.39 is 11.6 Å². The standard InChI is InChI=1S/C14H21F2N3O/c1-10(2)8-19(6-5-14(17)18-20)9-11-3-4-12(15)13(16)7-11/h3-4,7,10,20H,5-6,8-9H2,1-2H3,(H2,17,18). The Morgan fingerprint density at radius 1 is 1.35 bits per heavy atom. The molecule has 4 nitrogen and oxygen atoms in total. The average Bonchev–Trinajstić information content (AvgIpc) is 2.39. The molecule has 1 rings (SSSR count). The van der Waals surface area contributed by atoms with Gasteiger partial charge in [-0.05, 0) is 23.6 Å². The van der Waals surface area contributed by atoms with E-state index >= 15 is 0 Å². The highest BCUT2D eigenvalue weighted by Crippen LogP contribution is 2.12. The van der Waals surface area contributed by atoms with E-state index in [9.17, 15) is 8.78 Å². The van der Waals surface area contributed by atoms with Crippen molar-refractivity contribution in [2.75, 3.05) is 13.1 Å². The molecule has 20 heavy (non-hydrogen) atoms. The fraction of sp³-hybridized carbons (Fsp3) is 0.500. The van der Waals surface area contributed by atoms with Gasteiger partial charge >= 0.3 is 0 Å². The summed E-state index contributed by atoms with van der Waals surface area (Å²) >= 11 is 0. The summed E-state index contributed by atoms with van der Waals surface area (Å²) in [6.45, 7) is 6.02. The topological polar surface area (TPSA) is 61.8 Å². The second kappa shape index (κ2) is 7.79. The number of halogens is 2. The Hall–Kier alpha value is -1.69. The summed E-state index contributed by atoms with van der Waals surface area (Å²) in [6, 6.07) is 3.89. The average molecular weight is 285 g/mol. The van der Waals surface area contributed by atoms with E-state index in [2.05, 4.69) is 23.9 Å². The van der Waals surface area contributed by atoms with E-state index in [0.29, 0.717) is 31.0 Å². The Balaban J connectivity index is 2.70. The van der Waals surface area contributed by atoms with E-state index in [1.54, 1.807) is 6.07 Å². The van der Waals surface area contributed by atoms with Gasteiger partial charge in [0.1, 0.15) is 5.84 Å². The van der Waals surface area contributed by atoms with Crippen LogP contribution >= 0.6 is 0 Å². The van der Waals surface area contributed by atoms with Gasteiger partial charge in [-0.3, -0.25) is 4.90 Å². The first-order valence-corrected chi connectivity index (χ1v) is 6.55. The highest BCUT2D eigenvalue weighted by atomic mass is 19.2. The molecule has 0 saturated heterocycles. The summed E-state index contributed by atoms with van der Waals surface area (Å²) < 4.78 is 26.1. The van der Waals surface area contributed by atoms with E-state index in [4.69, 9.17) is 10.9 Å². The fourth-order valence-corrected chi connectivity index (χ4v) is 1.97. The fourth-order valence-electron chi connectivity index (χ4n) is 1.97. The highest BCUT2D eigenvalue weighted by Gasteiger charge is 2.11. The number of hydrogen-bond acceptors (Lipinski definition) is 3. The van der Waals surface area contributed by atoms with Crippen LogP contribution in [0.3, 0.4) is 0 Å². The van der Waals surface area contributed by atoms with Crippen molar-refractivity contribution >= 4 is 5.84 Å². The van der Waals surface area contributed by atoms with Crippen molar-refractivity contribution in [3.63, 3.8) is 0 Å². The summed E-state index contributed by atoms with van der Waals surface area (Å²) in [5, 5.41) is 11.5. The molecule has 0 aliphatic rings. The van der Waals surface area contributed by atoms with E-state index in [0.717, 1.165) is 12.6 Å². The first-order valence-electron chi connectivity index (χ1n) is 6.55. The van der Waals surface area contributed by atoms with Crippen LogP contribution in [0.5, 0.6) is 0 Å². The lowest BCUT2D eigenvalue weighted by molar-refractivity contribution is 0.240. The molecule has 0 aliphatic heterocycles. The minimum Gasteiger partial charge on any atom is -0.409 e. The molecule has 3 N–H and O–H groups in total. The predicted octanol–water partition coefficient (Wildman–Crippen LogP) is 2.56. The van der Waals surface area contributed by atoms with E-state index in [-0.39, 0.29) is 5.84 Å². The Kier molecular flexibility index (Phi) is 6.38. The number of benzene rings is 1. The van der Waals surface area contributed by atoms with Gasteiger partial charge in [0.25, 0.3) is 0 Å². The molecular weight excluding hydrogens is 264 g/mol. The molecule has 0 unspecified atom stereocenters. The van der Waals surface area contributed by atoms with Gasteiger partial charge in [-0.15, -0.1) is 0 Å². The van der Waals surface area contributed by atoms with Crippen LogP contribution in [0.2, 0.25) is 0 Å². The highest BCUT2D eigenvalue weighted by molar-refractivity contribution is 5.79. The first-order chi connectivity index (χ1) is 9.42. The zero-order valence-corrected chi connectivity index (χ0v) is 11.8. The lowest BCUT2D eigenvalue weighted by Gasteiger charge is -2.24. The van der Waals surface area contributed by atoms with Crippen LogP contribution in [0, 0.1) is 17.6 Å². The zero-order chi connectivity index (χ0) is 15.1. The van der Waals surface area contributed by atoms with Crippen molar-refractivity contribution in [3.05, 3.63) is 35.4 Å². The Bertz CT molecular complexity index is 464. The number of nitrogens with zero attached hydrogens (tertiary/aromatic N) is 2. The quantitative estimate of drug-likeness (QED) is 0.350. The SMILES string of the molecule is CC(C)CN(CC/C(N)=N/O)Cc1ccc(F)c(F)c1. The molecule has 0 bridgehead atoms. The van der Waals surface area contributed by atoms with Crippen molar-refractivity contribution in [2.24, 2.45) is 16.8 Å². The maximum Gasteiger partial charge on any atom is 0.159 e. The first kappa shape index (κ1) is 16.4. The zero-order valence-electron chi connectivity index (χ0n) is 11.8. The van der Waals surface area contributed by atoms with Gasteiger partial charge in [-0.25, -0.2) is 8.78 Å². The molecule has 0 aliphatic carbocycles. The van der Waals surface area contributed by atoms with Crippen LogP contribution in [0.4, 0.5) is 8.78 Å². The third-order valence-corrected chi connectivity index (χ3v) is 2.83. The third-order valence-electron chi connectivity index (χ3n) is 2.83. The maximum atomic E-state index is 13.2. The number of amidine groups is 1. The van der Waals surface area contributed by atoms with Gasteiger partial charge in [0.2, 0.25) is 0 Å². The predicted molar refractivity (Wildman–Crippen MR) is 74.5 cm³/mol. The summed E-state index contributed by atoms with van der Waals surface area (Å²) in [5.74, 6) is -1.11. The Labute approximate surface area is 117 Å². The molecule has 1 aromatic carbocycles. The number of oxime groups is 1. The summed E-state index contributed by atoms with van der Waals surface area (Å²) in [5.41, 5.74) is 6.15. The molecule has 0 atom stereocenters. The normalized spacial score (nSPS) is 12.4. The van der Waals surface area contributed by atoms with Crippen LogP contribution < -0.4 is 5.73 Å². The maximum absolute atomic E-state index is 13.2. The van der Waals surface area contributed by atoms with Crippen LogP contribution in [0.15, 0.2) is 23.4 Å². The van der Waals surface area contributed by atoms with Crippen molar-refractivity contribution in [1.82, 2.24) is 4.90 Å². The van der Waals surface area contributed by atoms with Crippen LogP contribution in [-0.2, 0) is 6.54 Å². The molecule has 112 valence electrons. The molecule has 1 aromatic rings. The summed E-state index contributed by atoms with van der Waals surface area (Å²) in [4.78, 5) is 2.06. The van der Waals surface area contributed by atoms with Crippen molar-refractivity contribution in [1.29, 1.82) is 0 Å². The van der Waals surface area contributed by atoms with Crippen LogP contribution in [0.25, 0.3) is 0 Å². The van der Waals surface area contributed by atoms with Crippen molar-refractivity contribution < 1.29 is 14.0 Å². The number of hydrogen-bond donors (Lipinski definition) is 2. The molecule has 0 spiro atoms. The van der Waals surface area contributed by atoms with Crippen molar-refractivity contribution in [3.8, 4) is 0 Å². The third kappa shape index (κ3) is 5.52. The van der Waals surface area contributed by atoms with Crippen LogP contribution in [-0.4, -0.2) is 29.0 Å². The van der Waals surface area contributed by atoms with Gasteiger partial charge in [0.15, 0.2) is 11.6 Å². The van der Waals surface area contributed by atoms with Gasteiger partial charge < -0.3 is 10.9 Å². The molecular formula is C14H21F2N3O. The molecule has 0 radical (unpaired) electrons. The second-order valence-electron chi connectivity index (χ2n) is 5.22. The number of nitrogens with two attached hydrogens (primary N) is 1. The van der Waals surface area contributed by atoms with E-state index in [1.807, 2.05) is 0 Å². The Morgan fingerprint density at radius 2 is 2.05 bits per heavy atom. The minimum absolute atomic E-state index is 0.157. The summed E-state index contributed by atoms with van der Waals surface area (Å²) in [6.07, 6.45) is 0.424. The lowest BCUT2D eigenvalue weighted by atomic mass is 10.1. The molecule has 0 amide bonds. The van der Waals surface area contributed by atoms with Crippen molar-refractivity contribution in [2.45, 2.75) is 26.8 Å². The van der Waals surface area contributed by atoms with Gasteiger partial charge in [0.05, 0.1) is 0 Å². The largest absolute Gasteiger partial charge is 0.409 e. The molecule has 0 saturated carbocycles.